The van der Waals surface area contributed by atoms with Gasteiger partial charge in [-0.1, -0.05) is 12.2 Å². The van der Waals surface area contributed by atoms with Gasteiger partial charge in [0.05, 0.1) is 0 Å². The Morgan fingerprint density at radius 2 is 2.33 bits per heavy atom. The van der Waals surface area contributed by atoms with Crippen molar-refractivity contribution < 1.29 is 4.39 Å². The predicted octanol–water partition coefficient (Wildman–Crippen LogP) is 2.40. The lowest BCUT2D eigenvalue weighted by atomic mass is 10.1. The molecule has 1 unspecified atom stereocenters. The fourth-order valence-electron chi connectivity index (χ4n) is 2.17. The third-order valence-electron chi connectivity index (χ3n) is 3.20. The van der Waals surface area contributed by atoms with Crippen molar-refractivity contribution in [2.75, 3.05) is 18.6 Å². The molecule has 0 bridgehead atoms. The molecule has 2 nitrogen and oxygen atoms in total. The van der Waals surface area contributed by atoms with Gasteiger partial charge in [0.2, 0.25) is 0 Å². The summed E-state index contributed by atoms with van der Waals surface area (Å²) < 4.78 is 13.5. The Hall–Kier alpha value is -0.650. The topological polar surface area (TPSA) is 29.3 Å². The lowest BCUT2D eigenvalue weighted by Gasteiger charge is -2.23. The van der Waals surface area contributed by atoms with Gasteiger partial charge >= 0.3 is 0 Å². The molecule has 1 aromatic carbocycles. The summed E-state index contributed by atoms with van der Waals surface area (Å²) in [5.74, 6) is 2.11. The van der Waals surface area contributed by atoms with Crippen molar-refractivity contribution in [2.24, 2.45) is 5.73 Å². The van der Waals surface area contributed by atoms with Crippen LogP contribution < -0.4 is 5.73 Å². The minimum Gasteiger partial charge on any atom is -0.389 e. The second-order valence-corrected chi connectivity index (χ2v) is 6.23. The first-order chi connectivity index (χ1) is 8.56. The quantitative estimate of drug-likeness (QED) is 0.860. The standard InChI is InChI=1S/C13H17FN2S2/c1-16(12-2-3-18-8-12)7-9-4-10(13(15)17)6-11(14)5-9/h4-6,12H,2-3,7-8H2,1H3,(H2,15,17). The maximum Gasteiger partial charge on any atom is 0.124 e. The molecule has 1 aliphatic rings. The van der Waals surface area contributed by atoms with E-state index in [2.05, 4.69) is 11.9 Å². The number of hydrogen-bond acceptors (Lipinski definition) is 3. The molecule has 5 heteroatoms. The monoisotopic (exact) mass is 284 g/mol. The van der Waals surface area contributed by atoms with Gasteiger partial charge in [0.1, 0.15) is 10.8 Å². The van der Waals surface area contributed by atoms with E-state index in [1.54, 1.807) is 6.07 Å². The lowest BCUT2D eigenvalue weighted by Crippen LogP contribution is -2.31. The van der Waals surface area contributed by atoms with Crippen LogP contribution >= 0.6 is 24.0 Å². The summed E-state index contributed by atoms with van der Waals surface area (Å²) in [5, 5.41) is 0. The van der Waals surface area contributed by atoms with E-state index in [0.29, 0.717) is 11.6 Å². The van der Waals surface area contributed by atoms with E-state index in [0.717, 1.165) is 17.9 Å². The molecule has 0 aromatic heterocycles. The summed E-state index contributed by atoms with van der Waals surface area (Å²) in [7, 11) is 2.09. The van der Waals surface area contributed by atoms with Crippen molar-refractivity contribution in [3.8, 4) is 0 Å². The number of nitrogens with two attached hydrogens (primary N) is 1. The van der Waals surface area contributed by atoms with E-state index in [4.69, 9.17) is 18.0 Å². The predicted molar refractivity (Wildman–Crippen MR) is 79.5 cm³/mol. The third-order valence-corrected chi connectivity index (χ3v) is 4.58. The average Bonchev–Trinajstić information content (AvgIpc) is 2.81. The van der Waals surface area contributed by atoms with Gasteiger partial charge in [0.25, 0.3) is 0 Å². The zero-order valence-electron chi connectivity index (χ0n) is 10.4. The number of halogens is 1. The van der Waals surface area contributed by atoms with Crippen molar-refractivity contribution in [2.45, 2.75) is 19.0 Å². The van der Waals surface area contributed by atoms with E-state index >= 15 is 0 Å². The summed E-state index contributed by atoms with van der Waals surface area (Å²) in [6.07, 6.45) is 1.21. The zero-order valence-corrected chi connectivity index (χ0v) is 12.0. The highest BCUT2D eigenvalue weighted by Gasteiger charge is 2.20. The Bertz CT molecular complexity index is 445. The van der Waals surface area contributed by atoms with Crippen LogP contribution in [0.2, 0.25) is 0 Å². The maximum absolute atomic E-state index is 13.5. The van der Waals surface area contributed by atoms with Gasteiger partial charge in [-0.3, -0.25) is 4.90 Å². The minimum atomic E-state index is -0.274. The molecule has 0 radical (unpaired) electrons. The first kappa shape index (κ1) is 13.8. The molecular formula is C13H17FN2S2. The van der Waals surface area contributed by atoms with Crippen molar-refractivity contribution in [1.82, 2.24) is 4.90 Å². The summed E-state index contributed by atoms with van der Waals surface area (Å²) in [6.45, 7) is 0.735. The van der Waals surface area contributed by atoms with Gasteiger partial charge in [0, 0.05) is 23.9 Å². The Balaban J connectivity index is 2.10. The molecule has 18 heavy (non-hydrogen) atoms. The molecule has 1 fully saturated rings. The summed E-state index contributed by atoms with van der Waals surface area (Å²) >= 11 is 6.87. The van der Waals surface area contributed by atoms with Crippen LogP contribution in [-0.2, 0) is 6.54 Å². The van der Waals surface area contributed by atoms with Crippen LogP contribution in [0.1, 0.15) is 17.5 Å². The molecule has 0 amide bonds. The maximum atomic E-state index is 13.5. The highest BCUT2D eigenvalue weighted by atomic mass is 32.2. The van der Waals surface area contributed by atoms with Crippen molar-refractivity contribution in [3.05, 3.63) is 35.1 Å². The molecule has 0 spiro atoms. The minimum absolute atomic E-state index is 0.245. The van der Waals surface area contributed by atoms with Gasteiger partial charge in [-0.05, 0) is 43.0 Å². The molecule has 2 rings (SSSR count). The second-order valence-electron chi connectivity index (χ2n) is 4.64. The van der Waals surface area contributed by atoms with E-state index in [-0.39, 0.29) is 10.8 Å². The van der Waals surface area contributed by atoms with Crippen LogP contribution in [0.5, 0.6) is 0 Å². The van der Waals surface area contributed by atoms with Gasteiger partial charge in [-0.2, -0.15) is 11.8 Å². The second kappa shape index (κ2) is 5.99. The zero-order chi connectivity index (χ0) is 13.1. The molecule has 1 saturated heterocycles. The Labute approximate surface area is 117 Å². The van der Waals surface area contributed by atoms with Crippen molar-refractivity contribution in [3.63, 3.8) is 0 Å². The summed E-state index contributed by atoms with van der Waals surface area (Å²) in [6, 6.07) is 5.41. The van der Waals surface area contributed by atoms with Crippen LogP contribution in [0, 0.1) is 5.82 Å². The lowest BCUT2D eigenvalue weighted by molar-refractivity contribution is 0.254. The highest BCUT2D eigenvalue weighted by Crippen LogP contribution is 2.23. The smallest absolute Gasteiger partial charge is 0.124 e. The first-order valence-electron chi connectivity index (χ1n) is 5.93. The van der Waals surface area contributed by atoms with Crippen molar-refractivity contribution >= 4 is 29.0 Å². The number of nitrogens with zero attached hydrogens (tertiary/aromatic N) is 1. The highest BCUT2D eigenvalue weighted by molar-refractivity contribution is 7.99. The normalized spacial score (nSPS) is 19.4. The van der Waals surface area contributed by atoms with E-state index in [9.17, 15) is 4.39 Å². The molecule has 2 N–H and O–H groups in total. The van der Waals surface area contributed by atoms with Gasteiger partial charge < -0.3 is 5.73 Å². The average molecular weight is 284 g/mol. The SMILES string of the molecule is CN(Cc1cc(F)cc(C(N)=S)c1)C1CCSC1. The fourth-order valence-corrected chi connectivity index (χ4v) is 3.59. The number of rotatable bonds is 4. The number of thiocarbonyl (C=S) groups is 1. The van der Waals surface area contributed by atoms with Gasteiger partial charge in [-0.25, -0.2) is 4.39 Å². The van der Waals surface area contributed by atoms with Crippen molar-refractivity contribution in [1.29, 1.82) is 0 Å². The van der Waals surface area contributed by atoms with E-state index in [1.807, 2.05) is 17.8 Å². The Morgan fingerprint density at radius 3 is 2.94 bits per heavy atom. The van der Waals surface area contributed by atoms with E-state index < -0.39 is 0 Å². The molecular weight excluding hydrogens is 267 g/mol. The molecule has 1 heterocycles. The molecule has 1 atom stereocenters. The fraction of sp³-hybridized carbons (Fsp3) is 0.462. The van der Waals surface area contributed by atoms with Crippen LogP contribution in [-0.4, -0.2) is 34.5 Å². The van der Waals surface area contributed by atoms with Gasteiger partial charge in [-0.15, -0.1) is 0 Å². The Kier molecular flexibility index (Phi) is 4.59. The number of hydrogen-bond donors (Lipinski definition) is 1. The van der Waals surface area contributed by atoms with Crippen LogP contribution in [0.15, 0.2) is 18.2 Å². The number of benzene rings is 1. The largest absolute Gasteiger partial charge is 0.389 e. The molecule has 0 aliphatic carbocycles. The first-order valence-corrected chi connectivity index (χ1v) is 7.50. The molecule has 0 saturated carbocycles. The number of thioether (sulfide) groups is 1. The van der Waals surface area contributed by atoms with Crippen LogP contribution in [0.25, 0.3) is 0 Å². The summed E-state index contributed by atoms with van der Waals surface area (Å²) in [4.78, 5) is 2.52. The summed E-state index contributed by atoms with van der Waals surface area (Å²) in [5.41, 5.74) is 7.09. The molecule has 1 aromatic rings. The van der Waals surface area contributed by atoms with Crippen LogP contribution in [0.3, 0.4) is 0 Å². The van der Waals surface area contributed by atoms with E-state index in [1.165, 1.54) is 18.2 Å². The van der Waals surface area contributed by atoms with Crippen LogP contribution in [0.4, 0.5) is 4.39 Å². The third kappa shape index (κ3) is 3.43. The van der Waals surface area contributed by atoms with Gasteiger partial charge in [0.15, 0.2) is 0 Å². The molecule has 1 aliphatic heterocycles. The molecule has 98 valence electrons. The Morgan fingerprint density at radius 1 is 1.56 bits per heavy atom.